The minimum absolute atomic E-state index is 0. The molecule has 0 spiro atoms. The first-order valence-corrected chi connectivity index (χ1v) is 7.40. The van der Waals surface area contributed by atoms with Crippen molar-refractivity contribution in [3.63, 3.8) is 0 Å². The molecule has 122 valence electrons. The third-order valence-electron chi connectivity index (χ3n) is 3.04. The average molecular weight is 415 g/mol. The molecule has 1 aromatic carbocycles. The van der Waals surface area contributed by atoms with E-state index in [2.05, 4.69) is 52.4 Å². The molecule has 5 nitrogen and oxygen atoms in total. The molecule has 0 aliphatic rings. The number of guanidine groups is 1. The summed E-state index contributed by atoms with van der Waals surface area (Å²) in [4.78, 5) is 12.2. The van der Waals surface area contributed by atoms with E-state index in [-0.39, 0.29) is 29.5 Å². The van der Waals surface area contributed by atoms with Gasteiger partial charge in [0.15, 0.2) is 5.96 Å². The summed E-state index contributed by atoms with van der Waals surface area (Å²) in [6, 6.07) is 8.12. The maximum absolute atomic E-state index is 4.58. The van der Waals surface area contributed by atoms with E-state index in [0.29, 0.717) is 0 Å². The van der Waals surface area contributed by atoms with Crippen molar-refractivity contribution in [2.75, 3.05) is 13.6 Å². The number of para-hydroxylation sites is 2. The lowest BCUT2D eigenvalue weighted by atomic mass is 10.1. The molecule has 0 atom stereocenters. The van der Waals surface area contributed by atoms with Crippen LogP contribution in [0.1, 0.15) is 33.0 Å². The van der Waals surface area contributed by atoms with Gasteiger partial charge in [-0.25, -0.2) is 4.98 Å². The number of fused-ring (bicyclic) bond motifs is 1. The molecule has 0 aliphatic carbocycles. The number of hydrogen-bond acceptors (Lipinski definition) is 2. The number of halogens is 1. The summed E-state index contributed by atoms with van der Waals surface area (Å²) in [5.41, 5.74) is 2.15. The third kappa shape index (κ3) is 5.82. The van der Waals surface area contributed by atoms with Crippen LogP contribution >= 0.6 is 24.0 Å². The maximum atomic E-state index is 4.58. The second-order valence-corrected chi connectivity index (χ2v) is 6.18. The molecule has 0 radical (unpaired) electrons. The van der Waals surface area contributed by atoms with Gasteiger partial charge in [-0.05, 0) is 39.3 Å². The number of aromatic amines is 1. The number of aromatic nitrogens is 2. The van der Waals surface area contributed by atoms with Gasteiger partial charge in [-0.3, -0.25) is 4.99 Å². The molecule has 0 fully saturated rings. The zero-order chi connectivity index (χ0) is 15.3. The Morgan fingerprint density at radius 2 is 2.00 bits per heavy atom. The average Bonchev–Trinajstić information content (AvgIpc) is 2.83. The minimum atomic E-state index is 0. The van der Waals surface area contributed by atoms with Crippen LogP contribution < -0.4 is 10.6 Å². The van der Waals surface area contributed by atoms with Gasteiger partial charge in [0.1, 0.15) is 5.82 Å². The Labute approximate surface area is 149 Å². The van der Waals surface area contributed by atoms with E-state index in [1.807, 2.05) is 18.2 Å². The molecule has 22 heavy (non-hydrogen) atoms. The number of benzene rings is 1. The largest absolute Gasteiger partial charge is 0.356 e. The van der Waals surface area contributed by atoms with Crippen LogP contribution in [0, 0.1) is 0 Å². The van der Waals surface area contributed by atoms with Gasteiger partial charge in [-0.15, -0.1) is 24.0 Å². The van der Waals surface area contributed by atoms with Crippen LogP contribution in [0.2, 0.25) is 0 Å². The van der Waals surface area contributed by atoms with Crippen molar-refractivity contribution in [1.82, 2.24) is 20.6 Å². The van der Waals surface area contributed by atoms with Crippen LogP contribution in [0.4, 0.5) is 0 Å². The van der Waals surface area contributed by atoms with Crippen LogP contribution in [-0.4, -0.2) is 35.1 Å². The Bertz CT molecular complexity index is 579. The summed E-state index contributed by atoms with van der Waals surface area (Å²) in [5, 5.41) is 6.67. The summed E-state index contributed by atoms with van der Waals surface area (Å²) in [6.07, 6.45) is 1.93. The Balaban J connectivity index is 0.00000242. The topological polar surface area (TPSA) is 65.1 Å². The fourth-order valence-electron chi connectivity index (χ4n) is 2.12. The van der Waals surface area contributed by atoms with Crippen LogP contribution in [0.15, 0.2) is 29.3 Å². The van der Waals surface area contributed by atoms with E-state index in [0.717, 1.165) is 42.2 Å². The van der Waals surface area contributed by atoms with E-state index in [9.17, 15) is 0 Å². The van der Waals surface area contributed by atoms with E-state index >= 15 is 0 Å². The predicted octanol–water partition coefficient (Wildman–Crippen LogP) is 3.08. The Morgan fingerprint density at radius 3 is 2.64 bits per heavy atom. The van der Waals surface area contributed by atoms with Crippen LogP contribution in [-0.2, 0) is 6.42 Å². The number of aryl methyl sites for hydroxylation is 1. The molecule has 0 unspecified atom stereocenters. The minimum Gasteiger partial charge on any atom is -0.356 e. The maximum Gasteiger partial charge on any atom is 0.191 e. The number of rotatable bonds is 4. The molecule has 2 aromatic rings. The first kappa shape index (κ1) is 18.7. The van der Waals surface area contributed by atoms with Gasteiger partial charge >= 0.3 is 0 Å². The lowest BCUT2D eigenvalue weighted by molar-refractivity contribution is 0.501. The lowest BCUT2D eigenvalue weighted by Gasteiger charge is -2.23. The normalized spacial score (nSPS) is 12.1. The lowest BCUT2D eigenvalue weighted by Crippen LogP contribution is -2.47. The van der Waals surface area contributed by atoms with Crippen molar-refractivity contribution in [2.45, 2.75) is 39.2 Å². The molecule has 1 heterocycles. The number of aliphatic imine (C=N–C) groups is 1. The Hall–Kier alpha value is -1.31. The molecule has 3 N–H and O–H groups in total. The highest BCUT2D eigenvalue weighted by atomic mass is 127. The second kappa shape index (κ2) is 8.36. The highest BCUT2D eigenvalue weighted by Gasteiger charge is 2.11. The molecule has 0 saturated carbocycles. The van der Waals surface area contributed by atoms with E-state index in [1.54, 1.807) is 7.05 Å². The van der Waals surface area contributed by atoms with Gasteiger partial charge in [0, 0.05) is 25.6 Å². The van der Waals surface area contributed by atoms with Crippen molar-refractivity contribution in [3.8, 4) is 0 Å². The van der Waals surface area contributed by atoms with Gasteiger partial charge < -0.3 is 15.6 Å². The molecule has 1 aromatic heterocycles. The number of hydrogen-bond donors (Lipinski definition) is 3. The molecule has 0 bridgehead atoms. The van der Waals surface area contributed by atoms with Gasteiger partial charge in [0.25, 0.3) is 0 Å². The first-order chi connectivity index (χ1) is 9.98. The Morgan fingerprint density at radius 1 is 1.27 bits per heavy atom. The van der Waals surface area contributed by atoms with Crippen molar-refractivity contribution >= 4 is 41.0 Å². The SMILES string of the molecule is CN=C(NCCCc1nc2ccccc2[nH]1)NC(C)(C)C.I. The standard InChI is InChI=1S/C16H25N5.HI/c1-16(2,3)21-15(17-4)18-11-7-10-14-19-12-8-5-6-9-13(12)20-14;/h5-6,8-9H,7,10-11H2,1-4H3,(H,19,20)(H2,17,18,21);1H. The van der Waals surface area contributed by atoms with Gasteiger partial charge in [0.2, 0.25) is 0 Å². The monoisotopic (exact) mass is 415 g/mol. The van der Waals surface area contributed by atoms with Crippen molar-refractivity contribution in [2.24, 2.45) is 4.99 Å². The molecular weight excluding hydrogens is 389 g/mol. The summed E-state index contributed by atoms with van der Waals surface area (Å²) >= 11 is 0. The van der Waals surface area contributed by atoms with E-state index < -0.39 is 0 Å². The summed E-state index contributed by atoms with van der Waals surface area (Å²) in [5.74, 6) is 1.88. The summed E-state index contributed by atoms with van der Waals surface area (Å²) in [7, 11) is 1.79. The fraction of sp³-hybridized carbons (Fsp3) is 0.500. The van der Waals surface area contributed by atoms with Gasteiger partial charge in [-0.2, -0.15) is 0 Å². The van der Waals surface area contributed by atoms with Gasteiger partial charge in [-0.1, -0.05) is 12.1 Å². The smallest absolute Gasteiger partial charge is 0.191 e. The third-order valence-corrected chi connectivity index (χ3v) is 3.04. The molecule has 2 rings (SSSR count). The molecule has 0 aliphatic heterocycles. The number of nitrogens with one attached hydrogen (secondary N) is 3. The van der Waals surface area contributed by atoms with Crippen molar-refractivity contribution in [3.05, 3.63) is 30.1 Å². The zero-order valence-electron chi connectivity index (χ0n) is 13.7. The molecular formula is C16H26IN5. The van der Waals surface area contributed by atoms with E-state index in [4.69, 9.17) is 0 Å². The Kier molecular flexibility index (Phi) is 7.12. The number of imidazole rings is 1. The van der Waals surface area contributed by atoms with Gasteiger partial charge in [0.05, 0.1) is 11.0 Å². The van der Waals surface area contributed by atoms with Crippen molar-refractivity contribution in [1.29, 1.82) is 0 Å². The van der Waals surface area contributed by atoms with Crippen molar-refractivity contribution < 1.29 is 0 Å². The number of nitrogens with zero attached hydrogens (tertiary/aromatic N) is 2. The predicted molar refractivity (Wildman–Crippen MR) is 104 cm³/mol. The fourth-order valence-corrected chi connectivity index (χ4v) is 2.12. The van der Waals surface area contributed by atoms with Crippen LogP contribution in [0.25, 0.3) is 11.0 Å². The number of H-pyrrole nitrogens is 1. The van der Waals surface area contributed by atoms with E-state index in [1.165, 1.54) is 0 Å². The molecule has 0 saturated heterocycles. The first-order valence-electron chi connectivity index (χ1n) is 7.40. The highest BCUT2D eigenvalue weighted by molar-refractivity contribution is 14.0. The van der Waals surface area contributed by atoms with Crippen LogP contribution in [0.5, 0.6) is 0 Å². The molecule has 0 amide bonds. The summed E-state index contributed by atoms with van der Waals surface area (Å²) < 4.78 is 0. The molecule has 6 heteroatoms. The zero-order valence-corrected chi connectivity index (χ0v) is 16.1. The highest BCUT2D eigenvalue weighted by Crippen LogP contribution is 2.11. The van der Waals surface area contributed by atoms with Crippen LogP contribution in [0.3, 0.4) is 0 Å². The summed E-state index contributed by atoms with van der Waals surface area (Å²) in [6.45, 7) is 7.23. The second-order valence-electron chi connectivity index (χ2n) is 6.18. The quantitative estimate of drug-likeness (QED) is 0.311.